The SMILES string of the molecule is O=C(O)C1CC(O)CN1C(=O)CCc1ccco1. The molecule has 0 bridgehead atoms. The Morgan fingerprint density at radius 1 is 1.50 bits per heavy atom. The number of carbonyl (C=O) groups excluding carboxylic acids is 1. The molecule has 98 valence electrons. The van der Waals surface area contributed by atoms with Gasteiger partial charge in [0.2, 0.25) is 5.91 Å². The summed E-state index contributed by atoms with van der Waals surface area (Å²) in [4.78, 5) is 24.1. The Labute approximate surface area is 104 Å². The lowest BCUT2D eigenvalue weighted by molar-refractivity contribution is -0.148. The van der Waals surface area contributed by atoms with Gasteiger partial charge in [-0.25, -0.2) is 4.79 Å². The number of nitrogens with zero attached hydrogens (tertiary/aromatic N) is 1. The van der Waals surface area contributed by atoms with Gasteiger partial charge in [0.15, 0.2) is 0 Å². The summed E-state index contributed by atoms with van der Waals surface area (Å²) in [6.07, 6.45) is 1.49. The molecule has 2 N–H and O–H groups in total. The molecule has 1 aliphatic rings. The van der Waals surface area contributed by atoms with Crippen molar-refractivity contribution in [3.8, 4) is 0 Å². The Bertz CT molecular complexity index is 428. The first-order valence-electron chi connectivity index (χ1n) is 5.80. The summed E-state index contributed by atoms with van der Waals surface area (Å²) in [6, 6.07) is 2.59. The molecular formula is C12H15NO5. The smallest absolute Gasteiger partial charge is 0.326 e. The van der Waals surface area contributed by atoms with Gasteiger partial charge < -0.3 is 19.5 Å². The fourth-order valence-electron chi connectivity index (χ4n) is 2.15. The van der Waals surface area contributed by atoms with Crippen molar-refractivity contribution in [2.45, 2.75) is 31.4 Å². The Balaban J connectivity index is 1.93. The third-order valence-electron chi connectivity index (χ3n) is 3.05. The van der Waals surface area contributed by atoms with Crippen LogP contribution >= 0.6 is 0 Å². The van der Waals surface area contributed by atoms with Crippen molar-refractivity contribution in [1.82, 2.24) is 4.90 Å². The molecule has 0 radical (unpaired) electrons. The van der Waals surface area contributed by atoms with Crippen LogP contribution in [0.5, 0.6) is 0 Å². The predicted octanol–water partition coefficient (Wildman–Crippen LogP) is 0.259. The summed E-state index contributed by atoms with van der Waals surface area (Å²) in [5.41, 5.74) is 0. The van der Waals surface area contributed by atoms with E-state index in [1.807, 2.05) is 0 Å². The molecule has 6 heteroatoms. The summed E-state index contributed by atoms with van der Waals surface area (Å²) < 4.78 is 5.11. The van der Waals surface area contributed by atoms with Crippen molar-refractivity contribution >= 4 is 11.9 Å². The lowest BCUT2D eigenvalue weighted by Gasteiger charge is -2.20. The zero-order valence-electron chi connectivity index (χ0n) is 9.78. The number of carboxylic acids is 1. The standard InChI is InChI=1S/C12H15NO5/c14-8-6-10(12(16)17)13(7-8)11(15)4-3-9-2-1-5-18-9/h1-2,5,8,10,14H,3-4,6-7H2,(H,16,17). The van der Waals surface area contributed by atoms with Crippen LogP contribution in [0.2, 0.25) is 0 Å². The van der Waals surface area contributed by atoms with E-state index < -0.39 is 18.1 Å². The van der Waals surface area contributed by atoms with Gasteiger partial charge in [0.05, 0.1) is 12.4 Å². The molecule has 1 aliphatic heterocycles. The molecule has 0 aliphatic carbocycles. The van der Waals surface area contributed by atoms with Crippen molar-refractivity contribution in [2.24, 2.45) is 0 Å². The number of aliphatic hydroxyl groups excluding tert-OH is 1. The van der Waals surface area contributed by atoms with Crippen LogP contribution in [0.4, 0.5) is 0 Å². The first-order valence-corrected chi connectivity index (χ1v) is 5.80. The number of likely N-dealkylation sites (tertiary alicyclic amines) is 1. The van der Waals surface area contributed by atoms with E-state index in [-0.39, 0.29) is 25.3 Å². The van der Waals surface area contributed by atoms with Gasteiger partial charge in [-0.15, -0.1) is 0 Å². The average molecular weight is 253 g/mol. The molecule has 0 saturated carbocycles. The predicted molar refractivity (Wildman–Crippen MR) is 60.8 cm³/mol. The van der Waals surface area contributed by atoms with Crippen LogP contribution in [0, 0.1) is 0 Å². The number of β-amino-alcohol motifs (C(OH)–C–C–N with tert-alkyl or cyclic N) is 1. The number of hydrogen-bond acceptors (Lipinski definition) is 4. The van der Waals surface area contributed by atoms with Crippen molar-refractivity contribution in [3.63, 3.8) is 0 Å². The van der Waals surface area contributed by atoms with E-state index >= 15 is 0 Å². The second kappa shape index (κ2) is 5.22. The van der Waals surface area contributed by atoms with E-state index in [1.54, 1.807) is 12.1 Å². The number of aliphatic hydroxyl groups is 1. The third-order valence-corrected chi connectivity index (χ3v) is 3.05. The molecule has 1 aromatic heterocycles. The number of furan rings is 1. The maximum absolute atomic E-state index is 11.9. The Morgan fingerprint density at radius 2 is 2.28 bits per heavy atom. The highest BCUT2D eigenvalue weighted by atomic mass is 16.4. The van der Waals surface area contributed by atoms with Gasteiger partial charge in [0.25, 0.3) is 0 Å². The van der Waals surface area contributed by atoms with E-state index in [9.17, 15) is 14.7 Å². The Kier molecular flexibility index (Phi) is 3.66. The van der Waals surface area contributed by atoms with Crippen LogP contribution in [0.3, 0.4) is 0 Å². The monoisotopic (exact) mass is 253 g/mol. The molecule has 2 unspecified atom stereocenters. The summed E-state index contributed by atoms with van der Waals surface area (Å²) in [6.45, 7) is 0.0912. The Morgan fingerprint density at radius 3 is 2.89 bits per heavy atom. The van der Waals surface area contributed by atoms with Crippen LogP contribution in [-0.4, -0.2) is 45.7 Å². The molecule has 2 heterocycles. The zero-order valence-corrected chi connectivity index (χ0v) is 9.78. The third kappa shape index (κ3) is 2.70. The van der Waals surface area contributed by atoms with Crippen LogP contribution < -0.4 is 0 Å². The molecular weight excluding hydrogens is 238 g/mol. The quantitative estimate of drug-likeness (QED) is 0.803. The summed E-state index contributed by atoms with van der Waals surface area (Å²) in [5.74, 6) is -0.650. The molecule has 1 saturated heterocycles. The maximum Gasteiger partial charge on any atom is 0.326 e. The topological polar surface area (TPSA) is 91.0 Å². The zero-order chi connectivity index (χ0) is 13.1. The van der Waals surface area contributed by atoms with Gasteiger partial charge in [-0.3, -0.25) is 4.79 Å². The molecule has 2 atom stereocenters. The van der Waals surface area contributed by atoms with Crippen molar-refractivity contribution in [3.05, 3.63) is 24.2 Å². The van der Waals surface area contributed by atoms with E-state index in [0.717, 1.165) is 0 Å². The van der Waals surface area contributed by atoms with Gasteiger partial charge in [0, 0.05) is 25.8 Å². The minimum Gasteiger partial charge on any atom is -0.480 e. The van der Waals surface area contributed by atoms with Crippen LogP contribution in [0.1, 0.15) is 18.6 Å². The molecule has 0 spiro atoms. The van der Waals surface area contributed by atoms with Gasteiger partial charge in [-0.05, 0) is 12.1 Å². The van der Waals surface area contributed by atoms with Crippen LogP contribution in [0.25, 0.3) is 0 Å². The number of aryl methyl sites for hydroxylation is 1. The van der Waals surface area contributed by atoms with Crippen molar-refractivity contribution in [1.29, 1.82) is 0 Å². The normalized spacial score (nSPS) is 23.3. The number of carbonyl (C=O) groups is 2. The number of amides is 1. The summed E-state index contributed by atoms with van der Waals surface area (Å²) in [7, 11) is 0. The van der Waals surface area contributed by atoms with Gasteiger partial charge in [-0.1, -0.05) is 0 Å². The largest absolute Gasteiger partial charge is 0.480 e. The summed E-state index contributed by atoms with van der Waals surface area (Å²) >= 11 is 0. The average Bonchev–Trinajstić information content (AvgIpc) is 2.94. The van der Waals surface area contributed by atoms with Crippen molar-refractivity contribution in [2.75, 3.05) is 6.54 Å². The van der Waals surface area contributed by atoms with Crippen LogP contribution in [0.15, 0.2) is 22.8 Å². The van der Waals surface area contributed by atoms with Gasteiger partial charge >= 0.3 is 5.97 Å². The number of aliphatic carboxylic acids is 1. The van der Waals surface area contributed by atoms with Crippen LogP contribution in [-0.2, 0) is 16.0 Å². The number of rotatable bonds is 4. The minimum atomic E-state index is -1.07. The minimum absolute atomic E-state index is 0.0912. The van der Waals surface area contributed by atoms with E-state index in [4.69, 9.17) is 9.52 Å². The fourth-order valence-corrected chi connectivity index (χ4v) is 2.15. The first-order chi connectivity index (χ1) is 8.58. The maximum atomic E-state index is 11.9. The van der Waals surface area contributed by atoms with Crippen molar-refractivity contribution < 1.29 is 24.2 Å². The fraction of sp³-hybridized carbons (Fsp3) is 0.500. The molecule has 1 aromatic rings. The molecule has 2 rings (SSSR count). The number of hydrogen-bond donors (Lipinski definition) is 2. The van der Waals surface area contributed by atoms with Gasteiger partial charge in [0.1, 0.15) is 11.8 Å². The second-order valence-electron chi connectivity index (χ2n) is 4.37. The highest BCUT2D eigenvalue weighted by Gasteiger charge is 2.38. The van der Waals surface area contributed by atoms with E-state index in [0.29, 0.717) is 12.2 Å². The highest BCUT2D eigenvalue weighted by Crippen LogP contribution is 2.19. The summed E-state index contributed by atoms with van der Waals surface area (Å²) in [5, 5.41) is 18.4. The number of carboxylic acid groups (broad SMARTS) is 1. The lowest BCUT2D eigenvalue weighted by Crippen LogP contribution is -2.40. The van der Waals surface area contributed by atoms with E-state index in [2.05, 4.69) is 0 Å². The molecule has 0 aromatic carbocycles. The highest BCUT2D eigenvalue weighted by molar-refractivity contribution is 5.84. The molecule has 1 amide bonds. The van der Waals surface area contributed by atoms with Gasteiger partial charge in [-0.2, -0.15) is 0 Å². The molecule has 18 heavy (non-hydrogen) atoms. The molecule has 1 fully saturated rings. The first kappa shape index (κ1) is 12.6. The second-order valence-corrected chi connectivity index (χ2v) is 4.37. The lowest BCUT2D eigenvalue weighted by atomic mass is 10.2. The Hall–Kier alpha value is -1.82. The van der Waals surface area contributed by atoms with E-state index in [1.165, 1.54) is 11.2 Å². The molecule has 6 nitrogen and oxygen atoms in total.